The fourth-order valence-corrected chi connectivity index (χ4v) is 3.70. The van der Waals surface area contributed by atoms with Crippen LogP contribution in [0.4, 0.5) is 10.5 Å². The number of para-hydroxylation sites is 1. The number of imidazole rings is 1. The number of hydrogen-bond donors (Lipinski definition) is 0. The molecule has 4 heterocycles. The number of carbonyl (C=O) groups is 1. The van der Waals surface area contributed by atoms with Gasteiger partial charge in [-0.2, -0.15) is 0 Å². The molecular formula is C20H19N5O2. The summed E-state index contributed by atoms with van der Waals surface area (Å²) in [4.78, 5) is 25.7. The van der Waals surface area contributed by atoms with Gasteiger partial charge in [-0.25, -0.2) is 9.78 Å². The van der Waals surface area contributed by atoms with Gasteiger partial charge in [0.15, 0.2) is 0 Å². The van der Waals surface area contributed by atoms with Crippen molar-refractivity contribution in [2.45, 2.75) is 6.67 Å². The molecule has 3 aromatic rings. The van der Waals surface area contributed by atoms with Crippen LogP contribution in [0.2, 0.25) is 0 Å². The van der Waals surface area contributed by atoms with E-state index in [1.165, 1.54) is 0 Å². The maximum atomic E-state index is 13.2. The van der Waals surface area contributed by atoms with Crippen molar-refractivity contribution in [3.8, 4) is 22.6 Å². The van der Waals surface area contributed by atoms with Gasteiger partial charge in [0.25, 0.3) is 0 Å². The average Bonchev–Trinajstić information content (AvgIpc) is 3.18. The Morgan fingerprint density at radius 3 is 2.63 bits per heavy atom. The summed E-state index contributed by atoms with van der Waals surface area (Å²) in [7, 11) is 0. The van der Waals surface area contributed by atoms with Crippen molar-refractivity contribution in [3.63, 3.8) is 0 Å². The van der Waals surface area contributed by atoms with E-state index in [9.17, 15) is 4.79 Å². The second-order valence-electron chi connectivity index (χ2n) is 6.60. The summed E-state index contributed by atoms with van der Waals surface area (Å²) in [6.07, 6.45) is 5.39. The topological polar surface area (TPSA) is 63.5 Å². The number of benzene rings is 1. The van der Waals surface area contributed by atoms with Crippen LogP contribution in [0.15, 0.2) is 55.0 Å². The van der Waals surface area contributed by atoms with Crippen LogP contribution in [0.3, 0.4) is 0 Å². The standard InChI is InChI=1S/C20H19N5O2/c26-20(23-9-11-27-12-10-23)25-14-24-18(16-3-1-2-4-17(16)25)13-22-19(24)15-5-7-21-8-6-15/h1-8,13H,9-12,14H2. The Labute approximate surface area is 156 Å². The largest absolute Gasteiger partial charge is 0.378 e. The summed E-state index contributed by atoms with van der Waals surface area (Å²) in [6, 6.07) is 11.9. The maximum absolute atomic E-state index is 13.2. The number of hydrogen-bond acceptors (Lipinski definition) is 4. The summed E-state index contributed by atoms with van der Waals surface area (Å²) in [5, 5.41) is 0. The zero-order valence-electron chi connectivity index (χ0n) is 14.8. The van der Waals surface area contributed by atoms with E-state index >= 15 is 0 Å². The number of carbonyl (C=O) groups excluding carboxylic acids is 1. The number of rotatable bonds is 1. The van der Waals surface area contributed by atoms with E-state index < -0.39 is 0 Å². The van der Waals surface area contributed by atoms with Gasteiger partial charge in [-0.05, 0) is 18.2 Å². The lowest BCUT2D eigenvalue weighted by Crippen LogP contribution is -2.49. The molecule has 0 aliphatic carbocycles. The first-order valence-corrected chi connectivity index (χ1v) is 9.02. The SMILES string of the molecule is O=C(N1CCOCC1)N1Cn2c(cnc2-c2ccncc2)-c2ccccc21. The lowest BCUT2D eigenvalue weighted by atomic mass is 10.1. The maximum Gasteiger partial charge on any atom is 0.326 e. The number of urea groups is 1. The van der Waals surface area contributed by atoms with Gasteiger partial charge in [-0.15, -0.1) is 0 Å². The molecule has 0 saturated carbocycles. The minimum atomic E-state index is 0.00535. The zero-order chi connectivity index (χ0) is 18.2. The Hall–Kier alpha value is -3.19. The van der Waals surface area contributed by atoms with Crippen molar-refractivity contribution in [2.24, 2.45) is 0 Å². The second kappa shape index (κ2) is 6.51. The Morgan fingerprint density at radius 1 is 1.04 bits per heavy atom. The van der Waals surface area contributed by atoms with E-state index in [4.69, 9.17) is 4.74 Å². The van der Waals surface area contributed by atoms with Gasteiger partial charge in [0, 0.05) is 36.6 Å². The van der Waals surface area contributed by atoms with E-state index in [0.29, 0.717) is 33.0 Å². The monoisotopic (exact) mass is 361 g/mol. The molecule has 0 radical (unpaired) electrons. The van der Waals surface area contributed by atoms with Crippen LogP contribution in [0.1, 0.15) is 0 Å². The fourth-order valence-electron chi connectivity index (χ4n) is 3.70. The van der Waals surface area contributed by atoms with Crippen molar-refractivity contribution in [1.82, 2.24) is 19.4 Å². The first kappa shape index (κ1) is 16.0. The third kappa shape index (κ3) is 2.67. The van der Waals surface area contributed by atoms with Crippen LogP contribution < -0.4 is 4.90 Å². The third-order valence-corrected chi connectivity index (χ3v) is 5.06. The summed E-state index contributed by atoms with van der Waals surface area (Å²) in [5.74, 6) is 0.835. The number of aromatic nitrogens is 3. The average molecular weight is 361 g/mol. The molecule has 5 rings (SSSR count). The first-order valence-electron chi connectivity index (χ1n) is 9.02. The normalized spacial score (nSPS) is 16.0. The lowest BCUT2D eigenvalue weighted by molar-refractivity contribution is 0.0545. The van der Waals surface area contributed by atoms with Crippen molar-refractivity contribution < 1.29 is 9.53 Å². The summed E-state index contributed by atoms with van der Waals surface area (Å²) >= 11 is 0. The highest BCUT2D eigenvalue weighted by Gasteiger charge is 2.31. The number of nitrogens with zero attached hydrogens (tertiary/aromatic N) is 5. The summed E-state index contributed by atoms with van der Waals surface area (Å²) < 4.78 is 7.49. The number of ether oxygens (including phenoxy) is 1. The Kier molecular flexibility index (Phi) is 3.86. The third-order valence-electron chi connectivity index (χ3n) is 5.06. The van der Waals surface area contributed by atoms with E-state index in [0.717, 1.165) is 28.3 Å². The predicted octanol–water partition coefficient (Wildman–Crippen LogP) is 2.84. The summed E-state index contributed by atoms with van der Waals surface area (Å²) in [5.41, 5.74) is 3.93. The van der Waals surface area contributed by atoms with E-state index in [-0.39, 0.29) is 6.03 Å². The molecule has 7 heteroatoms. The number of pyridine rings is 1. The highest BCUT2D eigenvalue weighted by Crippen LogP contribution is 2.38. The molecule has 136 valence electrons. The smallest absolute Gasteiger partial charge is 0.326 e. The molecule has 27 heavy (non-hydrogen) atoms. The Morgan fingerprint density at radius 2 is 1.81 bits per heavy atom. The molecule has 0 unspecified atom stereocenters. The molecule has 7 nitrogen and oxygen atoms in total. The number of amides is 2. The van der Waals surface area contributed by atoms with Gasteiger partial charge in [-0.1, -0.05) is 18.2 Å². The van der Waals surface area contributed by atoms with Crippen molar-refractivity contribution in [3.05, 3.63) is 55.0 Å². The number of morpholine rings is 1. The van der Waals surface area contributed by atoms with Gasteiger partial charge >= 0.3 is 6.03 Å². The minimum Gasteiger partial charge on any atom is -0.378 e. The molecule has 0 atom stereocenters. The second-order valence-corrected chi connectivity index (χ2v) is 6.60. The van der Waals surface area contributed by atoms with Gasteiger partial charge in [0.1, 0.15) is 12.5 Å². The van der Waals surface area contributed by atoms with Crippen LogP contribution in [0.5, 0.6) is 0 Å². The molecule has 1 saturated heterocycles. The van der Waals surface area contributed by atoms with Crippen molar-refractivity contribution in [2.75, 3.05) is 31.2 Å². The highest BCUT2D eigenvalue weighted by atomic mass is 16.5. The van der Waals surface area contributed by atoms with Crippen LogP contribution >= 0.6 is 0 Å². The van der Waals surface area contributed by atoms with Gasteiger partial charge in [0.05, 0.1) is 30.8 Å². The quantitative estimate of drug-likeness (QED) is 0.669. The van der Waals surface area contributed by atoms with Gasteiger partial charge in [0.2, 0.25) is 0 Å². The first-order chi connectivity index (χ1) is 13.3. The van der Waals surface area contributed by atoms with Crippen LogP contribution in [-0.2, 0) is 11.4 Å². The molecule has 2 amide bonds. The van der Waals surface area contributed by atoms with Crippen LogP contribution in [0.25, 0.3) is 22.6 Å². The van der Waals surface area contributed by atoms with Crippen LogP contribution in [0, 0.1) is 0 Å². The Balaban J connectivity index is 1.59. The van der Waals surface area contributed by atoms with Crippen LogP contribution in [-0.4, -0.2) is 51.8 Å². The molecule has 0 N–H and O–H groups in total. The predicted molar refractivity (Wildman–Crippen MR) is 101 cm³/mol. The van der Waals surface area contributed by atoms with E-state index in [1.807, 2.05) is 52.4 Å². The van der Waals surface area contributed by atoms with Crippen molar-refractivity contribution in [1.29, 1.82) is 0 Å². The molecule has 2 aromatic heterocycles. The van der Waals surface area contributed by atoms with Crippen molar-refractivity contribution >= 4 is 11.7 Å². The highest BCUT2D eigenvalue weighted by molar-refractivity contribution is 5.97. The zero-order valence-corrected chi connectivity index (χ0v) is 14.8. The molecular weight excluding hydrogens is 342 g/mol. The minimum absolute atomic E-state index is 0.00535. The van der Waals surface area contributed by atoms with Gasteiger partial charge in [-0.3, -0.25) is 9.88 Å². The number of anilines is 1. The molecule has 1 fully saturated rings. The molecule has 0 bridgehead atoms. The molecule has 1 aromatic carbocycles. The molecule has 2 aliphatic rings. The summed E-state index contributed by atoms with van der Waals surface area (Å²) in [6.45, 7) is 2.83. The fraction of sp³-hybridized carbons (Fsp3) is 0.250. The number of fused-ring (bicyclic) bond motifs is 3. The molecule has 0 spiro atoms. The molecule has 2 aliphatic heterocycles. The van der Waals surface area contributed by atoms with E-state index in [2.05, 4.69) is 14.5 Å². The van der Waals surface area contributed by atoms with Gasteiger partial charge < -0.3 is 14.2 Å². The van der Waals surface area contributed by atoms with E-state index in [1.54, 1.807) is 12.4 Å². The Bertz CT molecular complexity index is 966. The lowest BCUT2D eigenvalue weighted by Gasteiger charge is -2.36.